The summed E-state index contributed by atoms with van der Waals surface area (Å²) in [6.45, 7) is 4.78. The van der Waals surface area contributed by atoms with Gasteiger partial charge in [0, 0.05) is 37.1 Å². The van der Waals surface area contributed by atoms with E-state index in [-0.39, 0.29) is 5.54 Å². The molecule has 0 aromatic rings. The fourth-order valence-corrected chi connectivity index (χ4v) is 3.62. The summed E-state index contributed by atoms with van der Waals surface area (Å²) in [5, 5.41) is 0. The second kappa shape index (κ2) is 7.62. The van der Waals surface area contributed by atoms with E-state index in [9.17, 15) is 0 Å². The zero-order valence-corrected chi connectivity index (χ0v) is 12.4. The van der Waals surface area contributed by atoms with E-state index in [1.165, 1.54) is 18.6 Å². The molecule has 102 valence electrons. The lowest BCUT2D eigenvalue weighted by Crippen LogP contribution is -2.56. The number of hydrogen-bond acceptors (Lipinski definition) is 4. The second-order valence-electron chi connectivity index (χ2n) is 5.02. The van der Waals surface area contributed by atoms with Gasteiger partial charge in [0.1, 0.15) is 0 Å². The van der Waals surface area contributed by atoms with E-state index in [2.05, 4.69) is 25.1 Å². The first kappa shape index (κ1) is 15.3. The molecule has 0 aromatic heterocycles. The van der Waals surface area contributed by atoms with Crippen molar-refractivity contribution in [3.63, 3.8) is 0 Å². The molecule has 1 heterocycles. The third kappa shape index (κ3) is 3.85. The van der Waals surface area contributed by atoms with Gasteiger partial charge in [-0.25, -0.2) is 0 Å². The highest BCUT2D eigenvalue weighted by Crippen LogP contribution is 2.29. The van der Waals surface area contributed by atoms with Crippen LogP contribution in [0.15, 0.2) is 0 Å². The van der Waals surface area contributed by atoms with Crippen LogP contribution >= 0.6 is 11.8 Å². The van der Waals surface area contributed by atoms with E-state index in [0.29, 0.717) is 6.04 Å². The van der Waals surface area contributed by atoms with E-state index in [0.717, 1.165) is 32.6 Å². The van der Waals surface area contributed by atoms with Crippen LogP contribution in [0.4, 0.5) is 0 Å². The van der Waals surface area contributed by atoms with Crippen LogP contribution in [0.3, 0.4) is 0 Å². The van der Waals surface area contributed by atoms with Gasteiger partial charge in [-0.05, 0) is 39.0 Å². The predicted molar refractivity (Wildman–Crippen MR) is 76.7 cm³/mol. The van der Waals surface area contributed by atoms with Crippen LogP contribution in [0.1, 0.15) is 32.6 Å². The lowest BCUT2D eigenvalue weighted by atomic mass is 9.87. The summed E-state index contributed by atoms with van der Waals surface area (Å²) < 4.78 is 5.59. The Morgan fingerprint density at radius 1 is 1.41 bits per heavy atom. The lowest BCUT2D eigenvalue weighted by Gasteiger charge is -2.44. The Morgan fingerprint density at radius 3 is 2.76 bits per heavy atom. The predicted octanol–water partition coefficient (Wildman–Crippen LogP) is 1.96. The Balaban J connectivity index is 2.74. The third-order valence-corrected chi connectivity index (χ3v) is 4.87. The van der Waals surface area contributed by atoms with Crippen molar-refractivity contribution < 1.29 is 4.74 Å². The maximum Gasteiger partial charge on any atom is 0.0484 e. The van der Waals surface area contributed by atoms with Gasteiger partial charge in [-0.15, -0.1) is 0 Å². The molecule has 0 aromatic carbocycles. The molecule has 4 heteroatoms. The molecule has 0 aliphatic carbocycles. The standard InChI is InChI=1S/C13H28N2OS/c1-4-12(10-17-3)15(2)13(11-14)6-5-8-16-9-7-13/h12H,4-11,14H2,1-3H3. The molecular weight excluding hydrogens is 232 g/mol. The highest BCUT2D eigenvalue weighted by Gasteiger charge is 2.36. The molecule has 3 nitrogen and oxygen atoms in total. The van der Waals surface area contributed by atoms with Crippen molar-refractivity contribution in [3.8, 4) is 0 Å². The number of rotatable bonds is 6. The maximum atomic E-state index is 6.09. The number of ether oxygens (including phenoxy) is 1. The van der Waals surface area contributed by atoms with Gasteiger partial charge in [-0.3, -0.25) is 4.90 Å². The number of thioether (sulfide) groups is 1. The Labute approximate surface area is 110 Å². The highest BCUT2D eigenvalue weighted by molar-refractivity contribution is 7.98. The zero-order valence-electron chi connectivity index (χ0n) is 11.6. The largest absolute Gasteiger partial charge is 0.381 e. The zero-order chi connectivity index (χ0) is 12.7. The van der Waals surface area contributed by atoms with Crippen molar-refractivity contribution in [2.45, 2.75) is 44.2 Å². The average molecular weight is 260 g/mol. The van der Waals surface area contributed by atoms with Crippen LogP contribution < -0.4 is 5.73 Å². The van der Waals surface area contributed by atoms with Gasteiger partial charge in [-0.2, -0.15) is 11.8 Å². The van der Waals surface area contributed by atoms with Crippen LogP contribution in [-0.4, -0.2) is 55.3 Å². The minimum atomic E-state index is 0.160. The monoisotopic (exact) mass is 260 g/mol. The molecule has 1 rings (SSSR count). The first-order valence-corrected chi connectivity index (χ1v) is 8.09. The van der Waals surface area contributed by atoms with E-state index in [1.54, 1.807) is 0 Å². The first-order valence-electron chi connectivity index (χ1n) is 6.70. The Morgan fingerprint density at radius 2 is 2.18 bits per heavy atom. The van der Waals surface area contributed by atoms with Crippen LogP contribution in [0.2, 0.25) is 0 Å². The molecule has 0 bridgehead atoms. The number of nitrogens with zero attached hydrogens (tertiary/aromatic N) is 1. The quantitative estimate of drug-likeness (QED) is 0.792. The van der Waals surface area contributed by atoms with Crippen LogP contribution in [0.25, 0.3) is 0 Å². The number of likely N-dealkylation sites (N-methyl/N-ethyl adjacent to an activating group) is 1. The van der Waals surface area contributed by atoms with Crippen LogP contribution in [0.5, 0.6) is 0 Å². The summed E-state index contributed by atoms with van der Waals surface area (Å²) in [7, 11) is 2.25. The molecule has 0 saturated carbocycles. The van der Waals surface area contributed by atoms with Crippen molar-refractivity contribution in [3.05, 3.63) is 0 Å². The van der Waals surface area contributed by atoms with Gasteiger partial charge in [0.05, 0.1) is 0 Å². The normalized spacial score (nSPS) is 28.1. The third-order valence-electron chi connectivity index (χ3n) is 4.15. The van der Waals surface area contributed by atoms with Crippen molar-refractivity contribution in [2.75, 3.05) is 38.8 Å². The molecule has 1 fully saturated rings. The smallest absolute Gasteiger partial charge is 0.0484 e. The Kier molecular flexibility index (Phi) is 6.85. The van der Waals surface area contributed by atoms with Gasteiger partial charge in [0.25, 0.3) is 0 Å². The van der Waals surface area contributed by atoms with Gasteiger partial charge in [0.2, 0.25) is 0 Å². The van der Waals surface area contributed by atoms with Crippen molar-refractivity contribution in [1.29, 1.82) is 0 Å². The van der Waals surface area contributed by atoms with E-state index in [1.807, 2.05) is 11.8 Å². The fourth-order valence-electron chi connectivity index (χ4n) is 2.78. The van der Waals surface area contributed by atoms with E-state index < -0.39 is 0 Å². The molecule has 0 amide bonds. The summed E-state index contributed by atoms with van der Waals surface area (Å²) in [4.78, 5) is 2.54. The average Bonchev–Trinajstić information content (AvgIpc) is 2.61. The van der Waals surface area contributed by atoms with Crippen LogP contribution in [-0.2, 0) is 4.74 Å². The Bertz CT molecular complexity index is 206. The van der Waals surface area contributed by atoms with Gasteiger partial charge in [0.15, 0.2) is 0 Å². The lowest BCUT2D eigenvalue weighted by molar-refractivity contribution is 0.0602. The molecule has 0 radical (unpaired) electrons. The highest BCUT2D eigenvalue weighted by atomic mass is 32.2. The minimum absolute atomic E-state index is 0.160. The fraction of sp³-hybridized carbons (Fsp3) is 1.00. The van der Waals surface area contributed by atoms with Crippen molar-refractivity contribution >= 4 is 11.8 Å². The summed E-state index contributed by atoms with van der Waals surface area (Å²) in [6, 6.07) is 0.631. The maximum absolute atomic E-state index is 6.09. The van der Waals surface area contributed by atoms with Gasteiger partial charge >= 0.3 is 0 Å². The SMILES string of the molecule is CCC(CSC)N(C)C1(CN)CCCOCC1. The molecule has 1 saturated heterocycles. The topological polar surface area (TPSA) is 38.5 Å². The number of hydrogen-bond donors (Lipinski definition) is 1. The molecule has 2 atom stereocenters. The van der Waals surface area contributed by atoms with Crippen molar-refractivity contribution in [2.24, 2.45) is 5.73 Å². The first-order chi connectivity index (χ1) is 8.20. The summed E-state index contributed by atoms with van der Waals surface area (Å²) in [5.41, 5.74) is 6.25. The summed E-state index contributed by atoms with van der Waals surface area (Å²) in [6.07, 6.45) is 6.76. The summed E-state index contributed by atoms with van der Waals surface area (Å²) >= 11 is 1.93. The molecule has 17 heavy (non-hydrogen) atoms. The Hall–Kier alpha value is 0.230. The van der Waals surface area contributed by atoms with E-state index in [4.69, 9.17) is 10.5 Å². The molecule has 2 unspecified atom stereocenters. The molecule has 1 aliphatic rings. The minimum Gasteiger partial charge on any atom is -0.381 e. The molecule has 0 spiro atoms. The van der Waals surface area contributed by atoms with Crippen molar-refractivity contribution in [1.82, 2.24) is 4.90 Å². The molecular formula is C13H28N2OS. The second-order valence-corrected chi connectivity index (χ2v) is 5.93. The summed E-state index contributed by atoms with van der Waals surface area (Å²) in [5.74, 6) is 1.19. The van der Waals surface area contributed by atoms with Crippen LogP contribution in [0, 0.1) is 0 Å². The molecule has 1 aliphatic heterocycles. The van der Waals surface area contributed by atoms with Gasteiger partial charge in [-0.1, -0.05) is 6.92 Å². The van der Waals surface area contributed by atoms with Gasteiger partial charge < -0.3 is 10.5 Å². The van der Waals surface area contributed by atoms with E-state index >= 15 is 0 Å². The molecule has 2 N–H and O–H groups in total. The number of nitrogens with two attached hydrogens (primary N) is 1.